The van der Waals surface area contributed by atoms with Gasteiger partial charge in [0, 0.05) is 18.2 Å². The van der Waals surface area contributed by atoms with Gasteiger partial charge in [0.15, 0.2) is 5.78 Å². The molecule has 8 nitrogen and oxygen atoms in total. The molecule has 0 aliphatic heterocycles. The summed E-state index contributed by atoms with van der Waals surface area (Å²) < 4.78 is 9.86. The Kier molecular flexibility index (Phi) is 7.30. The van der Waals surface area contributed by atoms with E-state index in [0.29, 0.717) is 0 Å². The molecule has 0 aromatic heterocycles. The van der Waals surface area contributed by atoms with Crippen LogP contribution in [-0.4, -0.2) is 42.4 Å². The third kappa shape index (κ3) is 4.81. The van der Waals surface area contributed by atoms with Crippen molar-refractivity contribution in [1.29, 1.82) is 0 Å². The standard InChI is InChI=1S/C18H24N2O6/c1-5-25-16(23)18(20-12(4)21,17(24)26-6-2)10-15(22)13-9-11(3)7-8-14(13)19/h7-9H,5-6,10,19H2,1-4H3,(H,20,21). The van der Waals surface area contributed by atoms with Crippen molar-refractivity contribution in [2.45, 2.75) is 39.7 Å². The van der Waals surface area contributed by atoms with Crippen LogP contribution in [0.1, 0.15) is 43.1 Å². The van der Waals surface area contributed by atoms with Crippen molar-refractivity contribution in [2.75, 3.05) is 18.9 Å². The van der Waals surface area contributed by atoms with E-state index >= 15 is 0 Å². The summed E-state index contributed by atoms with van der Waals surface area (Å²) in [6.07, 6.45) is -0.669. The highest BCUT2D eigenvalue weighted by molar-refractivity contribution is 6.14. The SMILES string of the molecule is CCOC(=O)C(CC(=O)c1cc(C)ccc1N)(NC(C)=O)C(=O)OCC. The molecule has 0 heterocycles. The van der Waals surface area contributed by atoms with E-state index in [2.05, 4.69) is 5.32 Å². The van der Waals surface area contributed by atoms with Gasteiger partial charge < -0.3 is 20.5 Å². The Morgan fingerprint density at radius 1 is 1.08 bits per heavy atom. The molecule has 1 rings (SSSR count). The fourth-order valence-corrected chi connectivity index (χ4v) is 2.43. The van der Waals surface area contributed by atoms with Crippen LogP contribution < -0.4 is 11.1 Å². The summed E-state index contributed by atoms with van der Waals surface area (Å²) in [5.41, 5.74) is 4.69. The van der Waals surface area contributed by atoms with Crippen molar-refractivity contribution in [1.82, 2.24) is 5.32 Å². The van der Waals surface area contributed by atoms with Gasteiger partial charge in [-0.2, -0.15) is 0 Å². The topological polar surface area (TPSA) is 125 Å². The Hall–Kier alpha value is -2.90. The third-order valence-electron chi connectivity index (χ3n) is 3.57. The summed E-state index contributed by atoms with van der Waals surface area (Å²) in [5, 5.41) is 2.25. The van der Waals surface area contributed by atoms with Crippen LogP contribution in [0.25, 0.3) is 0 Å². The van der Waals surface area contributed by atoms with Gasteiger partial charge in [-0.25, -0.2) is 9.59 Å². The van der Waals surface area contributed by atoms with Crippen LogP contribution in [0.3, 0.4) is 0 Å². The van der Waals surface area contributed by atoms with Gasteiger partial charge in [0.1, 0.15) is 0 Å². The van der Waals surface area contributed by atoms with E-state index in [-0.39, 0.29) is 24.5 Å². The molecule has 142 valence electrons. The zero-order chi connectivity index (χ0) is 19.9. The number of carbonyl (C=O) groups is 4. The van der Waals surface area contributed by atoms with Crippen LogP contribution in [0, 0.1) is 6.92 Å². The minimum absolute atomic E-state index is 0.0413. The second-order valence-corrected chi connectivity index (χ2v) is 5.72. The Morgan fingerprint density at radius 2 is 1.62 bits per heavy atom. The van der Waals surface area contributed by atoms with Crippen LogP contribution in [0.2, 0.25) is 0 Å². The maximum Gasteiger partial charge on any atom is 0.344 e. The molecule has 8 heteroatoms. The van der Waals surface area contributed by atoms with Gasteiger partial charge in [-0.1, -0.05) is 11.6 Å². The van der Waals surface area contributed by atoms with Gasteiger partial charge in [-0.15, -0.1) is 0 Å². The molecular formula is C18H24N2O6. The number of nitrogens with two attached hydrogens (primary N) is 1. The summed E-state index contributed by atoms with van der Waals surface area (Å²) in [5.74, 6) is -3.40. The minimum atomic E-state index is -2.27. The van der Waals surface area contributed by atoms with Gasteiger partial charge in [-0.05, 0) is 32.9 Å². The number of esters is 2. The Morgan fingerprint density at radius 3 is 2.08 bits per heavy atom. The van der Waals surface area contributed by atoms with Gasteiger partial charge >= 0.3 is 11.9 Å². The normalized spacial score (nSPS) is 10.8. The van der Waals surface area contributed by atoms with Crippen molar-refractivity contribution >= 4 is 29.3 Å². The van der Waals surface area contributed by atoms with Crippen molar-refractivity contribution in [3.8, 4) is 0 Å². The second-order valence-electron chi connectivity index (χ2n) is 5.72. The van der Waals surface area contributed by atoms with Crippen molar-refractivity contribution in [3.63, 3.8) is 0 Å². The van der Waals surface area contributed by atoms with Gasteiger partial charge in [-0.3, -0.25) is 9.59 Å². The Labute approximate surface area is 152 Å². The molecule has 0 radical (unpaired) electrons. The van der Waals surface area contributed by atoms with Crippen LogP contribution in [0.5, 0.6) is 0 Å². The summed E-state index contributed by atoms with van der Waals surface area (Å²) >= 11 is 0. The smallest absolute Gasteiger partial charge is 0.344 e. The molecule has 0 atom stereocenters. The van der Waals surface area contributed by atoms with E-state index in [4.69, 9.17) is 15.2 Å². The number of rotatable bonds is 8. The molecule has 3 N–H and O–H groups in total. The number of nitrogen functional groups attached to an aromatic ring is 1. The molecule has 0 fully saturated rings. The molecule has 0 saturated heterocycles. The first-order valence-electron chi connectivity index (χ1n) is 8.20. The Balaban J connectivity index is 3.39. The molecule has 1 aromatic rings. The number of ether oxygens (including phenoxy) is 2. The Bertz CT molecular complexity index is 696. The predicted molar refractivity (Wildman–Crippen MR) is 94.4 cm³/mol. The predicted octanol–water partition coefficient (Wildman–Crippen LogP) is 1.15. The first kappa shape index (κ1) is 21.1. The number of amides is 1. The number of Topliss-reactive ketones (excluding diaryl/α,β-unsaturated/α-hetero) is 1. The monoisotopic (exact) mass is 364 g/mol. The molecule has 1 amide bonds. The average molecular weight is 364 g/mol. The number of ketones is 1. The zero-order valence-electron chi connectivity index (χ0n) is 15.4. The lowest BCUT2D eigenvalue weighted by molar-refractivity contribution is -0.167. The van der Waals surface area contributed by atoms with Crippen LogP contribution in [0.15, 0.2) is 18.2 Å². The van der Waals surface area contributed by atoms with Crippen molar-refractivity contribution in [2.24, 2.45) is 0 Å². The van der Waals surface area contributed by atoms with E-state index in [9.17, 15) is 19.2 Å². The van der Waals surface area contributed by atoms with Crippen molar-refractivity contribution < 1.29 is 28.7 Å². The number of aryl methyl sites for hydroxylation is 1. The van der Waals surface area contributed by atoms with E-state index in [1.54, 1.807) is 39.0 Å². The van der Waals surface area contributed by atoms with E-state index in [1.165, 1.54) is 0 Å². The molecule has 26 heavy (non-hydrogen) atoms. The van der Waals surface area contributed by atoms with Gasteiger partial charge in [0.05, 0.1) is 19.6 Å². The lowest BCUT2D eigenvalue weighted by Crippen LogP contribution is -2.62. The number of benzene rings is 1. The van der Waals surface area contributed by atoms with E-state index < -0.39 is 35.6 Å². The fraction of sp³-hybridized carbons (Fsp3) is 0.444. The maximum absolute atomic E-state index is 12.8. The first-order valence-corrected chi connectivity index (χ1v) is 8.20. The van der Waals surface area contributed by atoms with Crippen molar-refractivity contribution in [3.05, 3.63) is 29.3 Å². The molecule has 0 spiro atoms. The summed E-state index contributed by atoms with van der Waals surface area (Å²) in [7, 11) is 0. The van der Waals surface area contributed by atoms with E-state index in [1.807, 2.05) is 0 Å². The number of anilines is 1. The van der Waals surface area contributed by atoms with Gasteiger partial charge in [0.2, 0.25) is 11.4 Å². The van der Waals surface area contributed by atoms with Crippen LogP contribution in [-0.2, 0) is 23.9 Å². The quantitative estimate of drug-likeness (QED) is 0.307. The number of carbonyl (C=O) groups excluding carboxylic acids is 4. The summed E-state index contributed by atoms with van der Waals surface area (Å²) in [4.78, 5) is 49.5. The summed E-state index contributed by atoms with van der Waals surface area (Å²) in [6.45, 7) is 5.90. The molecule has 1 aromatic carbocycles. The highest BCUT2D eigenvalue weighted by Crippen LogP contribution is 2.23. The number of hydrogen-bond donors (Lipinski definition) is 2. The lowest BCUT2D eigenvalue weighted by atomic mass is 9.89. The molecule has 0 unspecified atom stereocenters. The molecule has 0 saturated carbocycles. The van der Waals surface area contributed by atoms with E-state index in [0.717, 1.165) is 12.5 Å². The highest BCUT2D eigenvalue weighted by atomic mass is 16.6. The average Bonchev–Trinajstić information content (AvgIpc) is 2.56. The molecule has 0 bridgehead atoms. The largest absolute Gasteiger partial charge is 0.464 e. The van der Waals surface area contributed by atoms with Crippen LogP contribution >= 0.6 is 0 Å². The minimum Gasteiger partial charge on any atom is -0.464 e. The zero-order valence-corrected chi connectivity index (χ0v) is 15.4. The van der Waals surface area contributed by atoms with Crippen LogP contribution in [0.4, 0.5) is 5.69 Å². The summed E-state index contributed by atoms with van der Waals surface area (Å²) in [6, 6.07) is 4.83. The second kappa shape index (κ2) is 8.98. The lowest BCUT2D eigenvalue weighted by Gasteiger charge is -2.29. The number of nitrogens with one attached hydrogen (secondary N) is 1. The molecule has 0 aliphatic rings. The van der Waals surface area contributed by atoms with Gasteiger partial charge in [0.25, 0.3) is 0 Å². The fourth-order valence-electron chi connectivity index (χ4n) is 2.43. The molecular weight excluding hydrogens is 340 g/mol. The highest BCUT2D eigenvalue weighted by Gasteiger charge is 2.51. The maximum atomic E-state index is 12.8. The molecule has 0 aliphatic carbocycles. The number of hydrogen-bond acceptors (Lipinski definition) is 7. The first-order chi connectivity index (χ1) is 12.2. The third-order valence-corrected chi connectivity index (χ3v) is 3.57.